The monoisotopic (exact) mass is 312 g/mol. The largest absolute Gasteiger partial charge is 0.491 e. The molecule has 2 aromatic rings. The summed E-state index contributed by atoms with van der Waals surface area (Å²) < 4.78 is 5.60. The van der Waals surface area contributed by atoms with Crippen LogP contribution in [0.5, 0.6) is 5.75 Å². The smallest absolute Gasteiger partial charge is 0.193 e. The molecule has 0 atom stereocenters. The molecule has 0 aliphatic carbocycles. The maximum Gasteiger partial charge on any atom is 0.193 e. The number of nitrogens with two attached hydrogens (primary N) is 1. The molecule has 0 aliphatic rings. The summed E-state index contributed by atoms with van der Waals surface area (Å²) in [5.74, 6) is 1.25. The number of aliphatic imine (C=N–C) groups is 1. The summed E-state index contributed by atoms with van der Waals surface area (Å²) in [5.41, 5.74) is 8.96. The van der Waals surface area contributed by atoms with Crippen molar-refractivity contribution in [3.8, 4) is 5.75 Å². The van der Waals surface area contributed by atoms with Gasteiger partial charge in [0.15, 0.2) is 5.96 Å². The maximum absolute atomic E-state index is 5.90. The number of aromatic nitrogens is 1. The molecule has 0 amide bonds. The van der Waals surface area contributed by atoms with Gasteiger partial charge in [-0.25, -0.2) is 0 Å². The zero-order chi connectivity index (χ0) is 16.7. The van der Waals surface area contributed by atoms with Gasteiger partial charge in [0.25, 0.3) is 0 Å². The number of hydrogen-bond acceptors (Lipinski definition) is 3. The second-order valence-electron chi connectivity index (χ2n) is 5.64. The fourth-order valence-corrected chi connectivity index (χ4v) is 2.03. The van der Waals surface area contributed by atoms with Crippen LogP contribution in [-0.2, 0) is 6.42 Å². The highest BCUT2D eigenvalue weighted by atomic mass is 16.5. The molecular formula is C18H24N4O. The lowest BCUT2D eigenvalue weighted by atomic mass is 10.2. The second-order valence-corrected chi connectivity index (χ2v) is 5.64. The summed E-state index contributed by atoms with van der Waals surface area (Å²) in [6.45, 7) is 6.60. The van der Waals surface area contributed by atoms with Gasteiger partial charge in [-0.1, -0.05) is 6.07 Å². The number of guanidine groups is 1. The number of hydrogen-bond donors (Lipinski definition) is 2. The Hall–Kier alpha value is -2.56. The van der Waals surface area contributed by atoms with Crippen LogP contribution in [0.4, 0.5) is 5.69 Å². The van der Waals surface area contributed by atoms with Gasteiger partial charge in [-0.15, -0.1) is 0 Å². The summed E-state index contributed by atoms with van der Waals surface area (Å²) in [7, 11) is 0. The van der Waals surface area contributed by atoms with E-state index in [2.05, 4.69) is 21.4 Å². The minimum absolute atomic E-state index is 0.164. The molecule has 0 bridgehead atoms. The number of aryl methyl sites for hydroxylation is 1. The number of rotatable bonds is 6. The van der Waals surface area contributed by atoms with Crippen LogP contribution in [0.3, 0.4) is 0 Å². The molecule has 0 unspecified atom stereocenters. The Balaban J connectivity index is 1.83. The third kappa shape index (κ3) is 5.98. The van der Waals surface area contributed by atoms with Gasteiger partial charge in [-0.3, -0.25) is 9.98 Å². The summed E-state index contributed by atoms with van der Waals surface area (Å²) in [6.07, 6.45) is 2.86. The average Bonchev–Trinajstić information content (AvgIpc) is 2.51. The molecule has 0 aliphatic heterocycles. The Morgan fingerprint density at radius 3 is 2.57 bits per heavy atom. The van der Waals surface area contributed by atoms with Crippen molar-refractivity contribution in [2.24, 2.45) is 10.7 Å². The molecule has 122 valence electrons. The molecule has 5 nitrogen and oxygen atoms in total. The van der Waals surface area contributed by atoms with E-state index in [1.807, 2.05) is 57.3 Å². The summed E-state index contributed by atoms with van der Waals surface area (Å²) in [5, 5.41) is 3.07. The Morgan fingerprint density at radius 2 is 1.96 bits per heavy atom. The number of ether oxygens (including phenoxy) is 1. The normalized spacial score (nSPS) is 11.6. The third-order valence-corrected chi connectivity index (χ3v) is 3.15. The number of anilines is 1. The topological polar surface area (TPSA) is 72.5 Å². The van der Waals surface area contributed by atoms with Crippen molar-refractivity contribution in [3.05, 3.63) is 53.9 Å². The van der Waals surface area contributed by atoms with E-state index < -0.39 is 0 Å². The van der Waals surface area contributed by atoms with Gasteiger partial charge in [-0.2, -0.15) is 0 Å². The van der Waals surface area contributed by atoms with Gasteiger partial charge >= 0.3 is 0 Å². The standard InChI is InChI=1S/C18H24N4O/c1-13(2)23-17-8-6-16(7-9-17)22-18(19)20-11-10-15-5-4-14(3)21-12-15/h4-9,12-13H,10-11H2,1-3H3,(H3,19,20,22). The Kier molecular flexibility index (Phi) is 5.97. The molecule has 23 heavy (non-hydrogen) atoms. The first-order chi connectivity index (χ1) is 11.0. The number of nitrogens with zero attached hydrogens (tertiary/aromatic N) is 2. The van der Waals surface area contributed by atoms with Crippen LogP contribution in [0.25, 0.3) is 0 Å². The molecule has 0 fully saturated rings. The predicted octanol–water partition coefficient (Wildman–Crippen LogP) is 3.15. The molecule has 0 spiro atoms. The van der Waals surface area contributed by atoms with E-state index in [1.165, 1.54) is 0 Å². The average molecular weight is 312 g/mol. The van der Waals surface area contributed by atoms with Crippen molar-refractivity contribution >= 4 is 11.6 Å². The first kappa shape index (κ1) is 16.8. The van der Waals surface area contributed by atoms with Crippen molar-refractivity contribution < 1.29 is 4.74 Å². The molecule has 2 rings (SSSR count). The molecule has 5 heteroatoms. The van der Waals surface area contributed by atoms with Gasteiger partial charge in [-0.05, 0) is 63.1 Å². The maximum atomic E-state index is 5.90. The molecule has 1 heterocycles. The van der Waals surface area contributed by atoms with Crippen molar-refractivity contribution in [2.75, 3.05) is 11.9 Å². The summed E-state index contributed by atoms with van der Waals surface area (Å²) in [4.78, 5) is 8.60. The Bertz CT molecular complexity index is 633. The lowest BCUT2D eigenvalue weighted by Gasteiger charge is -2.11. The fourth-order valence-electron chi connectivity index (χ4n) is 2.03. The second kappa shape index (κ2) is 8.17. The van der Waals surface area contributed by atoms with E-state index >= 15 is 0 Å². The van der Waals surface area contributed by atoms with Gasteiger partial charge in [0, 0.05) is 24.1 Å². The van der Waals surface area contributed by atoms with E-state index in [1.54, 1.807) is 0 Å². The predicted molar refractivity (Wildman–Crippen MR) is 95.0 cm³/mol. The van der Waals surface area contributed by atoms with Gasteiger partial charge in [0.2, 0.25) is 0 Å². The highest BCUT2D eigenvalue weighted by molar-refractivity contribution is 5.92. The van der Waals surface area contributed by atoms with Crippen molar-refractivity contribution in [3.63, 3.8) is 0 Å². The van der Waals surface area contributed by atoms with E-state index in [0.717, 1.165) is 29.1 Å². The molecule has 1 aromatic heterocycles. The molecule has 3 N–H and O–H groups in total. The zero-order valence-electron chi connectivity index (χ0n) is 13.9. The molecule has 0 saturated heterocycles. The number of nitrogens with one attached hydrogen (secondary N) is 1. The van der Waals surface area contributed by atoms with E-state index in [9.17, 15) is 0 Å². The highest BCUT2D eigenvalue weighted by Gasteiger charge is 1.99. The third-order valence-electron chi connectivity index (χ3n) is 3.15. The first-order valence-corrected chi connectivity index (χ1v) is 7.78. The fraction of sp³-hybridized carbons (Fsp3) is 0.333. The number of pyridine rings is 1. The van der Waals surface area contributed by atoms with Crippen LogP contribution < -0.4 is 15.8 Å². The summed E-state index contributed by atoms with van der Waals surface area (Å²) >= 11 is 0. The number of benzene rings is 1. The van der Waals surface area contributed by atoms with Crippen molar-refractivity contribution in [1.82, 2.24) is 4.98 Å². The van der Waals surface area contributed by atoms with E-state index in [0.29, 0.717) is 12.5 Å². The van der Waals surface area contributed by atoms with Crippen molar-refractivity contribution in [2.45, 2.75) is 33.3 Å². The van der Waals surface area contributed by atoms with Crippen LogP contribution in [0.15, 0.2) is 47.6 Å². The van der Waals surface area contributed by atoms with Crippen LogP contribution in [0.2, 0.25) is 0 Å². The van der Waals surface area contributed by atoms with Gasteiger partial charge < -0.3 is 15.8 Å². The quantitative estimate of drug-likeness (QED) is 0.635. The molecule has 0 radical (unpaired) electrons. The van der Waals surface area contributed by atoms with E-state index in [-0.39, 0.29) is 6.10 Å². The van der Waals surface area contributed by atoms with Crippen LogP contribution in [-0.4, -0.2) is 23.6 Å². The SMILES string of the molecule is Cc1ccc(CCN=C(N)Nc2ccc(OC(C)C)cc2)cn1. The summed E-state index contributed by atoms with van der Waals surface area (Å²) in [6, 6.07) is 11.7. The van der Waals surface area contributed by atoms with Gasteiger partial charge in [0.05, 0.1) is 6.10 Å². The minimum atomic E-state index is 0.164. The molecule has 0 saturated carbocycles. The van der Waals surface area contributed by atoms with Gasteiger partial charge in [0.1, 0.15) is 5.75 Å². The minimum Gasteiger partial charge on any atom is -0.491 e. The highest BCUT2D eigenvalue weighted by Crippen LogP contribution is 2.16. The Morgan fingerprint density at radius 1 is 1.22 bits per heavy atom. The first-order valence-electron chi connectivity index (χ1n) is 7.78. The van der Waals surface area contributed by atoms with Crippen LogP contribution >= 0.6 is 0 Å². The zero-order valence-corrected chi connectivity index (χ0v) is 13.9. The van der Waals surface area contributed by atoms with Crippen LogP contribution in [0.1, 0.15) is 25.1 Å². The van der Waals surface area contributed by atoms with E-state index in [4.69, 9.17) is 10.5 Å². The molecular weight excluding hydrogens is 288 g/mol. The van der Waals surface area contributed by atoms with Crippen molar-refractivity contribution in [1.29, 1.82) is 0 Å². The molecule has 1 aromatic carbocycles. The lowest BCUT2D eigenvalue weighted by Crippen LogP contribution is -2.23. The lowest BCUT2D eigenvalue weighted by molar-refractivity contribution is 0.242. The Labute approximate surface area is 137 Å². The van der Waals surface area contributed by atoms with Crippen LogP contribution in [0, 0.1) is 6.92 Å².